The lowest BCUT2D eigenvalue weighted by molar-refractivity contribution is -0.134. The molecule has 0 saturated carbocycles. The van der Waals surface area contributed by atoms with E-state index in [2.05, 4.69) is 16.0 Å². The zero-order valence-corrected chi connectivity index (χ0v) is 30.7. The Bertz CT molecular complexity index is 1710. The summed E-state index contributed by atoms with van der Waals surface area (Å²) in [4.78, 5) is 40.9. The highest BCUT2D eigenvalue weighted by atomic mass is 16.6. The van der Waals surface area contributed by atoms with E-state index in [1.165, 1.54) is 0 Å². The second-order valence-electron chi connectivity index (χ2n) is 13.7. The fourth-order valence-electron chi connectivity index (χ4n) is 5.59. The Kier molecular flexibility index (Phi) is 15.9. The monoisotopic (exact) mass is 723 g/mol. The molecule has 53 heavy (non-hydrogen) atoms. The zero-order chi connectivity index (χ0) is 38.2. The van der Waals surface area contributed by atoms with Crippen LogP contribution in [0.25, 0.3) is 0 Å². The fourth-order valence-corrected chi connectivity index (χ4v) is 5.59. The number of carbonyl (C=O) groups is 3. The molecule has 0 heterocycles. The summed E-state index contributed by atoms with van der Waals surface area (Å²) in [5.41, 5.74) is 3.51. The third kappa shape index (κ3) is 14.4. The van der Waals surface area contributed by atoms with Crippen molar-refractivity contribution in [3.63, 3.8) is 0 Å². The summed E-state index contributed by atoms with van der Waals surface area (Å²) in [6.07, 6.45) is -0.556. The second kappa shape index (κ2) is 20.8. The molecule has 3 amide bonds. The molecule has 0 aliphatic carbocycles. The van der Waals surface area contributed by atoms with Gasteiger partial charge in [-0.2, -0.15) is 0 Å². The SMILES string of the molecule is CC(C)C[C@H](NC(=O)[C@@H](NC(=O)[C@H](Cc1ccc(OCc2ccccc2)cc1)NC(=O)Cc1cccc(OCc2ccccc2)c1)C(C)C)OB(O)O. The molecule has 12 heteroatoms. The molecule has 11 nitrogen and oxygen atoms in total. The maximum atomic E-state index is 13.9. The van der Waals surface area contributed by atoms with Crippen LogP contribution < -0.4 is 25.4 Å². The molecular formula is C41H50BN3O8. The molecule has 5 N–H and O–H groups in total. The Morgan fingerprint density at radius 2 is 1.23 bits per heavy atom. The van der Waals surface area contributed by atoms with Crippen LogP contribution in [0.5, 0.6) is 11.5 Å². The largest absolute Gasteiger partial charge is 0.635 e. The van der Waals surface area contributed by atoms with Gasteiger partial charge in [-0.15, -0.1) is 0 Å². The van der Waals surface area contributed by atoms with Crippen molar-refractivity contribution in [1.29, 1.82) is 0 Å². The number of hydrogen-bond donors (Lipinski definition) is 5. The van der Waals surface area contributed by atoms with Crippen LogP contribution in [-0.4, -0.2) is 53.4 Å². The lowest BCUT2D eigenvalue weighted by Gasteiger charge is -2.28. The number of hydrogen-bond acceptors (Lipinski definition) is 8. The van der Waals surface area contributed by atoms with Gasteiger partial charge in [-0.1, -0.05) is 113 Å². The molecule has 0 saturated heterocycles. The first-order valence-corrected chi connectivity index (χ1v) is 17.9. The molecular weight excluding hydrogens is 673 g/mol. The molecule has 0 fully saturated rings. The Labute approximate surface area is 312 Å². The van der Waals surface area contributed by atoms with Crippen molar-refractivity contribution in [3.05, 3.63) is 131 Å². The molecule has 280 valence electrons. The molecule has 4 aromatic rings. The summed E-state index contributed by atoms with van der Waals surface area (Å²) in [5, 5.41) is 27.2. The average molecular weight is 724 g/mol. The first-order valence-electron chi connectivity index (χ1n) is 17.9. The van der Waals surface area contributed by atoms with Crippen LogP contribution in [0.4, 0.5) is 0 Å². The van der Waals surface area contributed by atoms with Crippen LogP contribution in [0.15, 0.2) is 109 Å². The van der Waals surface area contributed by atoms with E-state index in [0.29, 0.717) is 36.7 Å². The minimum Gasteiger partial charge on any atom is -0.489 e. The van der Waals surface area contributed by atoms with Gasteiger partial charge in [-0.25, -0.2) is 0 Å². The van der Waals surface area contributed by atoms with Crippen LogP contribution in [0.2, 0.25) is 0 Å². The van der Waals surface area contributed by atoms with Crippen molar-refractivity contribution >= 4 is 25.0 Å². The van der Waals surface area contributed by atoms with E-state index in [1.54, 1.807) is 19.9 Å². The maximum absolute atomic E-state index is 13.9. The summed E-state index contributed by atoms with van der Waals surface area (Å²) in [6.45, 7) is 8.13. The van der Waals surface area contributed by atoms with Gasteiger partial charge < -0.3 is 40.1 Å². The highest BCUT2D eigenvalue weighted by Gasteiger charge is 2.31. The third-order valence-electron chi connectivity index (χ3n) is 8.30. The maximum Gasteiger partial charge on any atom is 0.635 e. The fraction of sp³-hybridized carbons (Fsp3) is 0.341. The van der Waals surface area contributed by atoms with E-state index < -0.39 is 37.4 Å². The van der Waals surface area contributed by atoms with E-state index in [-0.39, 0.29) is 30.6 Å². The average Bonchev–Trinajstić information content (AvgIpc) is 3.12. The minimum atomic E-state index is -2.09. The number of amides is 3. The molecule has 0 aliphatic heterocycles. The number of carbonyl (C=O) groups excluding carboxylic acids is 3. The molecule has 0 bridgehead atoms. The molecule has 3 atom stereocenters. The lowest BCUT2D eigenvalue weighted by Crippen LogP contribution is -2.57. The second-order valence-corrected chi connectivity index (χ2v) is 13.7. The van der Waals surface area contributed by atoms with Gasteiger partial charge in [-0.3, -0.25) is 14.4 Å². The van der Waals surface area contributed by atoms with E-state index in [0.717, 1.165) is 16.7 Å². The molecule has 4 rings (SSSR count). The van der Waals surface area contributed by atoms with E-state index in [9.17, 15) is 24.4 Å². The van der Waals surface area contributed by atoms with Gasteiger partial charge in [0.2, 0.25) is 17.7 Å². The normalized spacial score (nSPS) is 12.8. The smallest absolute Gasteiger partial charge is 0.489 e. The molecule has 0 spiro atoms. The van der Waals surface area contributed by atoms with Crippen molar-refractivity contribution in [2.75, 3.05) is 0 Å². The van der Waals surface area contributed by atoms with Crippen LogP contribution in [0.3, 0.4) is 0 Å². The Balaban J connectivity index is 1.47. The molecule has 0 aliphatic rings. The van der Waals surface area contributed by atoms with Crippen LogP contribution >= 0.6 is 0 Å². The van der Waals surface area contributed by atoms with Crippen molar-refractivity contribution in [2.24, 2.45) is 11.8 Å². The molecule has 0 unspecified atom stereocenters. The molecule has 0 aromatic heterocycles. The highest BCUT2D eigenvalue weighted by Crippen LogP contribution is 2.18. The first-order chi connectivity index (χ1) is 25.4. The Morgan fingerprint density at radius 1 is 0.642 bits per heavy atom. The van der Waals surface area contributed by atoms with Gasteiger partial charge in [0.1, 0.15) is 43.0 Å². The third-order valence-corrected chi connectivity index (χ3v) is 8.30. The quantitative estimate of drug-likeness (QED) is 0.0648. The van der Waals surface area contributed by atoms with E-state index in [1.807, 2.05) is 117 Å². The van der Waals surface area contributed by atoms with Crippen LogP contribution in [-0.2, 0) is 45.1 Å². The predicted molar refractivity (Wildman–Crippen MR) is 203 cm³/mol. The van der Waals surface area contributed by atoms with Gasteiger partial charge in [-0.05, 0) is 64.8 Å². The minimum absolute atomic E-state index is 0.00954. The van der Waals surface area contributed by atoms with Crippen molar-refractivity contribution in [2.45, 2.75) is 78.5 Å². The van der Waals surface area contributed by atoms with E-state index >= 15 is 0 Å². The number of rotatable bonds is 20. The molecule has 4 aromatic carbocycles. The Morgan fingerprint density at radius 3 is 1.79 bits per heavy atom. The highest BCUT2D eigenvalue weighted by molar-refractivity contribution is 6.32. The van der Waals surface area contributed by atoms with Gasteiger partial charge in [0.25, 0.3) is 0 Å². The summed E-state index contributed by atoms with van der Waals surface area (Å²) >= 11 is 0. The van der Waals surface area contributed by atoms with Crippen LogP contribution in [0, 0.1) is 11.8 Å². The number of ether oxygens (including phenoxy) is 2. The van der Waals surface area contributed by atoms with Crippen LogP contribution in [0.1, 0.15) is 56.4 Å². The summed E-state index contributed by atoms with van der Waals surface area (Å²) in [7, 11) is -2.09. The lowest BCUT2D eigenvalue weighted by atomic mass is 10.00. The zero-order valence-electron chi connectivity index (χ0n) is 30.7. The topological polar surface area (TPSA) is 155 Å². The predicted octanol–water partition coefficient (Wildman–Crippen LogP) is 4.73. The van der Waals surface area contributed by atoms with Gasteiger partial charge in [0, 0.05) is 6.42 Å². The number of benzene rings is 4. The summed E-state index contributed by atoms with van der Waals surface area (Å²) < 4.78 is 17.0. The summed E-state index contributed by atoms with van der Waals surface area (Å²) in [6, 6.07) is 32.0. The summed E-state index contributed by atoms with van der Waals surface area (Å²) in [5.74, 6) is -0.522. The van der Waals surface area contributed by atoms with Crippen molar-refractivity contribution in [3.8, 4) is 11.5 Å². The van der Waals surface area contributed by atoms with Gasteiger partial charge in [0.05, 0.1) is 6.42 Å². The van der Waals surface area contributed by atoms with Gasteiger partial charge in [0.15, 0.2) is 0 Å². The van der Waals surface area contributed by atoms with E-state index in [4.69, 9.17) is 14.1 Å². The van der Waals surface area contributed by atoms with Gasteiger partial charge >= 0.3 is 7.32 Å². The first kappa shape index (κ1) is 40.6. The van der Waals surface area contributed by atoms with Crippen molar-refractivity contribution < 1.29 is 38.6 Å². The standard InChI is InChI=1S/C41H50BN3O8/c1-28(2)22-38(53-42(49)50)44-41(48)39(29(3)4)45-40(47)36(24-30-18-20-34(21-19-30)51-26-31-12-7-5-8-13-31)43-37(46)25-33-16-11-17-35(23-33)52-27-32-14-9-6-10-15-32/h5-21,23,28-29,36,38-39,49-50H,22,24-27H2,1-4H3,(H,43,46)(H,44,48)(H,45,47)/t36-,38+,39-/m0/s1. The Hall–Kier alpha value is -5.17. The van der Waals surface area contributed by atoms with Crippen molar-refractivity contribution in [1.82, 2.24) is 16.0 Å². The molecule has 0 radical (unpaired) electrons. The number of nitrogens with one attached hydrogen (secondary N) is 3.